The second-order valence-electron chi connectivity index (χ2n) is 3.56. The number of hydrogen-bond acceptors (Lipinski definition) is 5. The summed E-state index contributed by atoms with van der Waals surface area (Å²) < 4.78 is 9.29. The van der Waals surface area contributed by atoms with Crippen molar-refractivity contribution in [2.24, 2.45) is 0 Å². The van der Waals surface area contributed by atoms with Gasteiger partial charge in [-0.05, 0) is 13.3 Å². The highest BCUT2D eigenvalue weighted by molar-refractivity contribution is 6.55. The Morgan fingerprint density at radius 1 is 1.32 bits per heavy atom. The molecule has 0 unspecified atom stereocenters. The van der Waals surface area contributed by atoms with E-state index in [2.05, 4.69) is 29.2 Å². The van der Waals surface area contributed by atoms with Crippen LogP contribution in [0.4, 0.5) is 0 Å². The first kappa shape index (κ1) is 22.2. The first-order valence-electron chi connectivity index (χ1n) is 5.65. The molecule has 1 heterocycles. The summed E-state index contributed by atoms with van der Waals surface area (Å²) in [5.41, 5.74) is 0.775. The first-order chi connectivity index (χ1) is 10.1. The van der Waals surface area contributed by atoms with Crippen LogP contribution < -0.4 is 0 Å². The minimum atomic E-state index is -0.981. The summed E-state index contributed by atoms with van der Waals surface area (Å²) in [6, 6.07) is 0. The number of carbonyl (C=O) groups excluding carboxylic acids is 2. The lowest BCUT2D eigenvalue weighted by atomic mass is 10.1. The summed E-state index contributed by atoms with van der Waals surface area (Å²) in [7, 11) is 0. The quantitative estimate of drug-likeness (QED) is 0.577. The molecule has 1 N–H and O–H groups in total. The molecule has 0 aromatic heterocycles. The Labute approximate surface area is 138 Å². The highest BCUT2D eigenvalue weighted by atomic mass is 35.5. The third-order valence-corrected chi connectivity index (χ3v) is 1.82. The van der Waals surface area contributed by atoms with Gasteiger partial charge in [0.2, 0.25) is 6.79 Å². The van der Waals surface area contributed by atoms with Crippen LogP contribution in [0.15, 0.2) is 47.5 Å². The molecule has 0 saturated carbocycles. The summed E-state index contributed by atoms with van der Waals surface area (Å²) in [6.07, 6.45) is 2.75. The van der Waals surface area contributed by atoms with Crippen LogP contribution >= 0.6 is 23.2 Å². The fourth-order valence-corrected chi connectivity index (χ4v) is 0.795. The zero-order valence-electron chi connectivity index (χ0n) is 11.9. The Morgan fingerprint density at radius 2 is 1.73 bits per heavy atom. The summed E-state index contributed by atoms with van der Waals surface area (Å²) in [4.78, 5) is 31.3. The van der Waals surface area contributed by atoms with Gasteiger partial charge in [0.15, 0.2) is 0 Å². The number of carboxylic acids is 1. The Bertz CT molecular complexity index is 490. The molecule has 8 heteroatoms. The predicted octanol–water partition coefficient (Wildman–Crippen LogP) is 3.13. The van der Waals surface area contributed by atoms with E-state index in [4.69, 9.17) is 28.3 Å². The van der Waals surface area contributed by atoms with Crippen molar-refractivity contribution in [3.63, 3.8) is 0 Å². The Kier molecular flexibility index (Phi) is 12.8. The van der Waals surface area contributed by atoms with Gasteiger partial charge in [-0.1, -0.05) is 49.0 Å². The predicted molar refractivity (Wildman–Crippen MR) is 83.2 cm³/mol. The molecule has 1 rings (SSSR count). The molecule has 1 aliphatic rings. The molecule has 0 atom stereocenters. The molecule has 122 valence electrons. The second-order valence-corrected chi connectivity index (χ2v) is 4.66. The smallest absolute Gasteiger partial charge is 0.336 e. The molecule has 0 fully saturated rings. The van der Waals surface area contributed by atoms with Crippen LogP contribution in [-0.4, -0.2) is 29.8 Å². The Hall–Kier alpha value is -2.05. The second kappa shape index (κ2) is 12.7. The van der Waals surface area contributed by atoms with E-state index in [0.717, 1.165) is 6.08 Å². The molecular weight excluding hydrogens is 335 g/mol. The highest BCUT2D eigenvalue weighted by Crippen LogP contribution is 2.09. The minimum absolute atomic E-state index is 0.111. The number of allylic oxidation sites excluding steroid dienone is 1. The number of cyclic esters (lactones) is 2. The van der Waals surface area contributed by atoms with Gasteiger partial charge >= 0.3 is 17.9 Å². The molecule has 0 aliphatic carbocycles. The molecule has 0 bridgehead atoms. The fraction of sp³-hybridized carbons (Fsp3) is 0.214. The monoisotopic (exact) mass is 350 g/mol. The van der Waals surface area contributed by atoms with Gasteiger partial charge in [0.05, 0.1) is 4.49 Å². The molecule has 0 radical (unpaired) electrons. The van der Waals surface area contributed by atoms with Crippen LogP contribution in [0.5, 0.6) is 0 Å². The molecule has 22 heavy (non-hydrogen) atoms. The largest absolute Gasteiger partial charge is 0.478 e. The number of aliphatic carboxylic acids is 1. The standard InChI is InChI=1S/C9H10O4.C3H4O2.C2H2Cl2/c1-6-3-4-7(2)9(11)13-5-12-8(6)10;1-2-3(4)5;1-2(3)4/h4H,1,3,5H2,2H3;2H,1H2,(H,4,5);1H2. The van der Waals surface area contributed by atoms with Crippen LogP contribution in [0, 0.1) is 0 Å². The number of carbonyl (C=O) groups is 3. The molecule has 0 saturated heterocycles. The summed E-state index contributed by atoms with van der Waals surface area (Å²) in [6.45, 7) is 10.8. The number of esters is 2. The number of hydrogen-bond donors (Lipinski definition) is 1. The zero-order chi connectivity index (χ0) is 17.7. The third-order valence-electron chi connectivity index (χ3n) is 1.82. The van der Waals surface area contributed by atoms with Crippen molar-refractivity contribution in [1.82, 2.24) is 0 Å². The molecule has 6 nitrogen and oxygen atoms in total. The van der Waals surface area contributed by atoms with E-state index in [9.17, 15) is 14.4 Å². The van der Waals surface area contributed by atoms with Crippen molar-refractivity contribution < 1.29 is 29.0 Å². The fourth-order valence-electron chi connectivity index (χ4n) is 0.795. The van der Waals surface area contributed by atoms with Crippen molar-refractivity contribution in [2.75, 3.05) is 6.79 Å². The van der Waals surface area contributed by atoms with E-state index in [-0.39, 0.29) is 11.3 Å². The van der Waals surface area contributed by atoms with Gasteiger partial charge in [-0.15, -0.1) is 0 Å². The zero-order valence-corrected chi connectivity index (χ0v) is 13.4. The van der Waals surface area contributed by atoms with Crippen molar-refractivity contribution in [1.29, 1.82) is 0 Å². The molecule has 0 spiro atoms. The summed E-state index contributed by atoms with van der Waals surface area (Å²) in [5, 5.41) is 7.60. The molecule has 0 amide bonds. The molecular formula is C14H16Cl2O6. The van der Waals surface area contributed by atoms with Gasteiger partial charge in [0, 0.05) is 17.2 Å². The van der Waals surface area contributed by atoms with Crippen LogP contribution in [0.3, 0.4) is 0 Å². The number of rotatable bonds is 1. The lowest BCUT2D eigenvalue weighted by Gasteiger charge is -2.03. The lowest BCUT2D eigenvalue weighted by Crippen LogP contribution is -2.12. The highest BCUT2D eigenvalue weighted by Gasteiger charge is 2.13. The number of halogens is 2. The van der Waals surface area contributed by atoms with Gasteiger partial charge < -0.3 is 14.6 Å². The number of carboxylic acid groups (broad SMARTS) is 1. The van der Waals surface area contributed by atoms with Gasteiger partial charge in [-0.2, -0.15) is 0 Å². The maximum absolute atomic E-state index is 11.0. The molecule has 1 aliphatic heterocycles. The van der Waals surface area contributed by atoms with Gasteiger partial charge in [0.1, 0.15) is 0 Å². The van der Waals surface area contributed by atoms with E-state index in [0.29, 0.717) is 17.6 Å². The van der Waals surface area contributed by atoms with Gasteiger partial charge in [-0.3, -0.25) is 0 Å². The van der Waals surface area contributed by atoms with E-state index in [1.807, 2.05) is 0 Å². The number of ether oxygens (including phenoxy) is 2. The minimum Gasteiger partial charge on any atom is -0.478 e. The van der Waals surface area contributed by atoms with E-state index < -0.39 is 17.9 Å². The van der Waals surface area contributed by atoms with Gasteiger partial charge in [0.25, 0.3) is 0 Å². The van der Waals surface area contributed by atoms with E-state index in [1.54, 1.807) is 13.0 Å². The van der Waals surface area contributed by atoms with Gasteiger partial charge in [-0.25, -0.2) is 14.4 Å². The van der Waals surface area contributed by atoms with Crippen LogP contribution in [0.2, 0.25) is 0 Å². The third kappa shape index (κ3) is 14.4. The summed E-state index contributed by atoms with van der Waals surface area (Å²) in [5.74, 6) is -1.98. The van der Waals surface area contributed by atoms with Crippen LogP contribution in [0.25, 0.3) is 0 Å². The summed E-state index contributed by atoms with van der Waals surface area (Å²) >= 11 is 9.69. The normalized spacial score (nSPS) is 14.0. The van der Waals surface area contributed by atoms with Crippen LogP contribution in [0.1, 0.15) is 13.3 Å². The van der Waals surface area contributed by atoms with E-state index in [1.165, 1.54) is 0 Å². The molecule has 0 aromatic carbocycles. The van der Waals surface area contributed by atoms with Crippen molar-refractivity contribution in [3.05, 3.63) is 47.5 Å². The first-order valence-corrected chi connectivity index (χ1v) is 6.41. The van der Waals surface area contributed by atoms with E-state index >= 15 is 0 Å². The lowest BCUT2D eigenvalue weighted by molar-refractivity contribution is -0.161. The van der Waals surface area contributed by atoms with Crippen molar-refractivity contribution >= 4 is 41.1 Å². The molecule has 0 aromatic rings. The SMILES string of the molecule is C=C(Cl)Cl.C=C1CC=C(C)C(=O)OCOC1=O.C=CC(=O)O. The Balaban J connectivity index is 0. The average molecular weight is 351 g/mol. The maximum Gasteiger partial charge on any atom is 0.336 e. The Morgan fingerprint density at radius 3 is 2.14 bits per heavy atom. The van der Waals surface area contributed by atoms with Crippen molar-refractivity contribution in [2.45, 2.75) is 13.3 Å². The topological polar surface area (TPSA) is 89.9 Å². The van der Waals surface area contributed by atoms with Crippen molar-refractivity contribution in [3.8, 4) is 0 Å². The average Bonchev–Trinajstić information content (AvgIpc) is 2.47. The van der Waals surface area contributed by atoms with Crippen LogP contribution in [-0.2, 0) is 23.9 Å². The maximum atomic E-state index is 11.0.